The van der Waals surface area contributed by atoms with E-state index in [2.05, 4.69) is 15.0 Å². The highest BCUT2D eigenvalue weighted by Gasteiger charge is 2.15. The first-order valence-corrected chi connectivity index (χ1v) is 5.93. The molecular formula is C14H16N2O3. The topological polar surface area (TPSA) is 60.5 Å². The fourth-order valence-corrected chi connectivity index (χ4v) is 1.91. The number of anilines is 1. The minimum absolute atomic E-state index is 0.332. The molecule has 1 aromatic carbocycles. The van der Waals surface area contributed by atoms with E-state index in [0.29, 0.717) is 5.82 Å². The average Bonchev–Trinajstić information content (AvgIpc) is 2.46. The molecule has 0 aliphatic rings. The smallest absolute Gasteiger partial charge is 0.328 e. The van der Waals surface area contributed by atoms with Crippen molar-refractivity contribution in [2.24, 2.45) is 0 Å². The van der Waals surface area contributed by atoms with Gasteiger partial charge >= 0.3 is 5.97 Å². The number of hydrogen-bond acceptors (Lipinski definition) is 5. The molecular weight excluding hydrogens is 244 g/mol. The van der Waals surface area contributed by atoms with Crippen LogP contribution in [0.25, 0.3) is 10.8 Å². The molecule has 19 heavy (non-hydrogen) atoms. The Kier molecular flexibility index (Phi) is 3.85. The molecule has 2 aromatic rings. The van der Waals surface area contributed by atoms with Crippen LogP contribution < -0.4 is 10.1 Å². The maximum atomic E-state index is 11.4. The molecule has 0 spiro atoms. The Morgan fingerprint density at radius 3 is 2.74 bits per heavy atom. The van der Waals surface area contributed by atoms with E-state index in [0.717, 1.165) is 16.5 Å². The van der Waals surface area contributed by atoms with Crippen molar-refractivity contribution in [2.75, 3.05) is 19.5 Å². The zero-order chi connectivity index (χ0) is 13.8. The van der Waals surface area contributed by atoms with Crippen LogP contribution in [-0.2, 0) is 9.53 Å². The van der Waals surface area contributed by atoms with Crippen molar-refractivity contribution in [2.45, 2.75) is 13.0 Å². The number of esters is 1. The zero-order valence-corrected chi connectivity index (χ0v) is 11.1. The van der Waals surface area contributed by atoms with Crippen LogP contribution in [0.15, 0.2) is 30.5 Å². The summed E-state index contributed by atoms with van der Waals surface area (Å²) in [7, 11) is 2.99. The van der Waals surface area contributed by atoms with E-state index in [9.17, 15) is 4.79 Å². The summed E-state index contributed by atoms with van der Waals surface area (Å²) in [5.41, 5.74) is 0. The number of hydrogen-bond donors (Lipinski definition) is 1. The standard InChI is InChI=1S/C14H16N2O3/c1-9(14(17)19-3)16-13-11-5-4-6-12(18-2)10(11)7-8-15-13/h4-9H,1-3H3,(H,15,16). The largest absolute Gasteiger partial charge is 0.496 e. The van der Waals surface area contributed by atoms with Crippen LogP contribution >= 0.6 is 0 Å². The summed E-state index contributed by atoms with van der Waals surface area (Å²) in [5.74, 6) is 1.07. The summed E-state index contributed by atoms with van der Waals surface area (Å²) in [6.45, 7) is 1.73. The zero-order valence-electron chi connectivity index (χ0n) is 11.1. The van der Waals surface area contributed by atoms with E-state index < -0.39 is 6.04 Å². The van der Waals surface area contributed by atoms with Crippen LogP contribution in [0.2, 0.25) is 0 Å². The van der Waals surface area contributed by atoms with E-state index in [1.165, 1.54) is 7.11 Å². The summed E-state index contributed by atoms with van der Waals surface area (Å²) in [6, 6.07) is 7.11. The number of methoxy groups -OCH3 is 2. The van der Waals surface area contributed by atoms with Gasteiger partial charge in [0, 0.05) is 17.0 Å². The second-order valence-electron chi connectivity index (χ2n) is 4.10. The van der Waals surface area contributed by atoms with Gasteiger partial charge in [-0.05, 0) is 19.1 Å². The third-order valence-electron chi connectivity index (χ3n) is 2.89. The summed E-state index contributed by atoms with van der Waals surface area (Å²) in [5, 5.41) is 4.89. The predicted molar refractivity (Wildman–Crippen MR) is 73.4 cm³/mol. The van der Waals surface area contributed by atoms with E-state index in [1.807, 2.05) is 24.3 Å². The lowest BCUT2D eigenvalue weighted by Gasteiger charge is -2.14. The molecule has 1 unspecified atom stereocenters. The second kappa shape index (κ2) is 5.56. The van der Waals surface area contributed by atoms with Gasteiger partial charge in [0.05, 0.1) is 14.2 Å². The lowest BCUT2D eigenvalue weighted by molar-refractivity contribution is -0.141. The van der Waals surface area contributed by atoms with Crippen molar-refractivity contribution < 1.29 is 14.3 Å². The van der Waals surface area contributed by atoms with Gasteiger partial charge in [-0.1, -0.05) is 12.1 Å². The van der Waals surface area contributed by atoms with E-state index >= 15 is 0 Å². The Morgan fingerprint density at radius 1 is 1.26 bits per heavy atom. The molecule has 0 fully saturated rings. The highest BCUT2D eigenvalue weighted by Crippen LogP contribution is 2.29. The van der Waals surface area contributed by atoms with Crippen molar-refractivity contribution in [3.63, 3.8) is 0 Å². The van der Waals surface area contributed by atoms with Gasteiger partial charge in [-0.2, -0.15) is 0 Å². The van der Waals surface area contributed by atoms with Gasteiger partial charge in [0.1, 0.15) is 17.6 Å². The van der Waals surface area contributed by atoms with Gasteiger partial charge in [-0.3, -0.25) is 0 Å². The highest BCUT2D eigenvalue weighted by molar-refractivity contribution is 5.96. The predicted octanol–water partition coefficient (Wildman–Crippen LogP) is 2.22. The van der Waals surface area contributed by atoms with Crippen LogP contribution in [0, 0.1) is 0 Å². The van der Waals surface area contributed by atoms with Crippen LogP contribution in [0.1, 0.15) is 6.92 Å². The number of nitrogens with zero attached hydrogens (tertiary/aromatic N) is 1. The van der Waals surface area contributed by atoms with Gasteiger partial charge in [0.15, 0.2) is 0 Å². The number of pyridine rings is 1. The molecule has 0 bridgehead atoms. The molecule has 0 aliphatic carbocycles. The van der Waals surface area contributed by atoms with Gasteiger partial charge in [0.25, 0.3) is 0 Å². The first-order valence-electron chi connectivity index (χ1n) is 5.93. The molecule has 0 aliphatic heterocycles. The Balaban J connectivity index is 2.42. The lowest BCUT2D eigenvalue weighted by Crippen LogP contribution is -2.27. The summed E-state index contributed by atoms with van der Waals surface area (Å²) in [4.78, 5) is 15.7. The van der Waals surface area contributed by atoms with Crippen LogP contribution in [0.3, 0.4) is 0 Å². The molecule has 2 rings (SSSR count). The third kappa shape index (κ3) is 2.59. The third-order valence-corrected chi connectivity index (χ3v) is 2.89. The maximum Gasteiger partial charge on any atom is 0.328 e. The quantitative estimate of drug-likeness (QED) is 0.854. The Morgan fingerprint density at radius 2 is 2.05 bits per heavy atom. The molecule has 100 valence electrons. The molecule has 0 saturated heterocycles. The summed E-state index contributed by atoms with van der Waals surface area (Å²) >= 11 is 0. The number of fused-ring (bicyclic) bond motifs is 1. The Hall–Kier alpha value is -2.30. The van der Waals surface area contributed by atoms with Crippen LogP contribution in [0.4, 0.5) is 5.82 Å². The molecule has 0 radical (unpaired) electrons. The number of rotatable bonds is 4. The molecule has 1 aromatic heterocycles. The van der Waals surface area contributed by atoms with E-state index in [-0.39, 0.29) is 5.97 Å². The van der Waals surface area contributed by atoms with Crippen molar-refractivity contribution in [3.05, 3.63) is 30.5 Å². The molecule has 5 nitrogen and oxygen atoms in total. The van der Waals surface area contributed by atoms with Crippen molar-refractivity contribution in [1.29, 1.82) is 0 Å². The monoisotopic (exact) mass is 260 g/mol. The normalized spacial score (nSPS) is 11.9. The molecule has 1 atom stereocenters. The minimum Gasteiger partial charge on any atom is -0.496 e. The van der Waals surface area contributed by atoms with Gasteiger partial charge < -0.3 is 14.8 Å². The van der Waals surface area contributed by atoms with E-state index in [1.54, 1.807) is 20.2 Å². The van der Waals surface area contributed by atoms with Gasteiger partial charge in [0.2, 0.25) is 0 Å². The Labute approximate surface area is 111 Å². The van der Waals surface area contributed by atoms with Gasteiger partial charge in [-0.15, -0.1) is 0 Å². The van der Waals surface area contributed by atoms with Crippen molar-refractivity contribution in [1.82, 2.24) is 4.98 Å². The SMILES string of the molecule is COC(=O)C(C)Nc1nccc2c(OC)cccc12. The summed E-state index contributed by atoms with van der Waals surface area (Å²) in [6.07, 6.45) is 1.68. The fraction of sp³-hybridized carbons (Fsp3) is 0.286. The first-order chi connectivity index (χ1) is 9.17. The van der Waals surface area contributed by atoms with Crippen LogP contribution in [0.5, 0.6) is 5.75 Å². The van der Waals surface area contributed by atoms with Crippen molar-refractivity contribution in [3.8, 4) is 5.75 Å². The first kappa shape index (κ1) is 13.1. The molecule has 1 N–H and O–H groups in total. The van der Waals surface area contributed by atoms with Crippen molar-refractivity contribution >= 4 is 22.6 Å². The fourth-order valence-electron chi connectivity index (χ4n) is 1.91. The molecule has 1 heterocycles. The summed E-state index contributed by atoms with van der Waals surface area (Å²) < 4.78 is 10.00. The maximum absolute atomic E-state index is 11.4. The van der Waals surface area contributed by atoms with E-state index in [4.69, 9.17) is 4.74 Å². The van der Waals surface area contributed by atoms with Crippen LogP contribution in [-0.4, -0.2) is 31.2 Å². The van der Waals surface area contributed by atoms with Gasteiger partial charge in [-0.25, -0.2) is 9.78 Å². The second-order valence-corrected chi connectivity index (χ2v) is 4.10. The highest BCUT2D eigenvalue weighted by atomic mass is 16.5. The number of benzene rings is 1. The average molecular weight is 260 g/mol. The number of aromatic nitrogens is 1. The molecule has 5 heteroatoms. The minimum atomic E-state index is -0.464. The Bertz CT molecular complexity index is 598. The number of carbonyl (C=O) groups excluding carboxylic acids is 1. The lowest BCUT2D eigenvalue weighted by atomic mass is 10.1. The molecule has 0 amide bonds. The number of carbonyl (C=O) groups is 1. The molecule has 0 saturated carbocycles. The number of ether oxygens (including phenoxy) is 2. The number of nitrogens with one attached hydrogen (secondary N) is 1.